The van der Waals surface area contributed by atoms with E-state index in [1.54, 1.807) is 22.6 Å². The highest BCUT2D eigenvalue weighted by atomic mass is 127. The molecule has 0 bridgehead atoms. The molecule has 0 saturated heterocycles. The zero-order valence-corrected chi connectivity index (χ0v) is 11.1. The Balaban J connectivity index is 3.25. The van der Waals surface area contributed by atoms with Gasteiger partial charge in [0.25, 0.3) is 5.24 Å². The van der Waals surface area contributed by atoms with E-state index in [0.29, 0.717) is 0 Å². The maximum Gasteiger partial charge on any atom is 0.574 e. The molecule has 94 valence electrons. The highest BCUT2D eigenvalue weighted by Gasteiger charge is 2.32. The molecule has 0 aliphatic carbocycles. The highest BCUT2D eigenvalue weighted by molar-refractivity contribution is 14.1. The van der Waals surface area contributed by atoms with Gasteiger partial charge in [0, 0.05) is 6.07 Å². The molecule has 1 rings (SSSR count). The lowest BCUT2D eigenvalue weighted by Gasteiger charge is -2.11. The van der Waals surface area contributed by atoms with E-state index < -0.39 is 17.5 Å². The van der Waals surface area contributed by atoms with Crippen molar-refractivity contribution in [3.8, 4) is 11.6 Å². The number of rotatable bonds is 3. The number of ether oxygens (including phenoxy) is 2. The van der Waals surface area contributed by atoms with Crippen molar-refractivity contribution in [3.05, 3.63) is 15.3 Å². The Morgan fingerprint density at radius 3 is 2.53 bits per heavy atom. The molecule has 0 aliphatic rings. The fraction of sp³-hybridized carbons (Fsp3) is 0.250. The van der Waals surface area contributed by atoms with Gasteiger partial charge < -0.3 is 9.47 Å². The van der Waals surface area contributed by atoms with Crippen molar-refractivity contribution in [1.29, 1.82) is 0 Å². The second-order valence-corrected chi connectivity index (χ2v) is 4.02. The number of aromatic nitrogens is 1. The van der Waals surface area contributed by atoms with Gasteiger partial charge in [-0.1, -0.05) is 0 Å². The van der Waals surface area contributed by atoms with Crippen molar-refractivity contribution in [3.63, 3.8) is 0 Å². The van der Waals surface area contributed by atoms with Gasteiger partial charge in [0.05, 0.1) is 12.7 Å². The van der Waals surface area contributed by atoms with Gasteiger partial charge >= 0.3 is 6.36 Å². The van der Waals surface area contributed by atoms with Crippen LogP contribution in [0.4, 0.5) is 13.2 Å². The van der Waals surface area contributed by atoms with Crippen molar-refractivity contribution in [2.75, 3.05) is 7.11 Å². The number of hydrogen-bond acceptors (Lipinski definition) is 4. The molecule has 4 nitrogen and oxygen atoms in total. The van der Waals surface area contributed by atoms with E-state index in [1.165, 1.54) is 7.11 Å². The van der Waals surface area contributed by atoms with Crippen LogP contribution in [0.1, 0.15) is 10.4 Å². The van der Waals surface area contributed by atoms with Crippen LogP contribution in [0.25, 0.3) is 0 Å². The maximum absolute atomic E-state index is 12.0. The molecule has 1 aromatic heterocycles. The standard InChI is InChI=1S/C8H4ClF3INO3/c1-16-5-3(6(9)15)2-4(14-7(5)13)17-8(10,11)12/h2H,1H3. The Morgan fingerprint density at radius 1 is 1.53 bits per heavy atom. The molecule has 0 unspecified atom stereocenters. The molecule has 1 heterocycles. The Morgan fingerprint density at radius 2 is 2.12 bits per heavy atom. The Kier molecular flexibility index (Phi) is 4.42. The van der Waals surface area contributed by atoms with Crippen molar-refractivity contribution in [1.82, 2.24) is 4.98 Å². The molecule has 0 aromatic carbocycles. The minimum atomic E-state index is -4.89. The second kappa shape index (κ2) is 5.25. The Labute approximate surface area is 112 Å². The maximum atomic E-state index is 12.0. The number of carbonyl (C=O) groups is 1. The molecule has 0 spiro atoms. The summed E-state index contributed by atoms with van der Waals surface area (Å²) in [7, 11) is 1.24. The lowest BCUT2D eigenvalue weighted by Crippen LogP contribution is -2.18. The van der Waals surface area contributed by atoms with Gasteiger partial charge in [-0.2, -0.15) is 0 Å². The average Bonchev–Trinajstić information content (AvgIpc) is 2.13. The van der Waals surface area contributed by atoms with Gasteiger partial charge in [-0.25, -0.2) is 4.98 Å². The summed E-state index contributed by atoms with van der Waals surface area (Å²) in [5.74, 6) is -0.771. The number of carbonyl (C=O) groups excluding carboxylic acids is 1. The van der Waals surface area contributed by atoms with Crippen LogP contribution in [-0.4, -0.2) is 23.7 Å². The van der Waals surface area contributed by atoms with E-state index in [2.05, 4.69) is 9.72 Å². The summed E-state index contributed by atoms with van der Waals surface area (Å²) >= 11 is 6.82. The lowest BCUT2D eigenvalue weighted by molar-refractivity contribution is -0.276. The van der Waals surface area contributed by atoms with Gasteiger partial charge in [0.15, 0.2) is 5.75 Å². The molecule has 0 saturated carbocycles. The summed E-state index contributed by atoms with van der Waals surface area (Å²) in [6, 6.07) is 0.768. The zero-order chi connectivity index (χ0) is 13.2. The first-order chi connectivity index (χ1) is 7.74. The molecule has 0 amide bonds. The van der Waals surface area contributed by atoms with E-state index >= 15 is 0 Å². The van der Waals surface area contributed by atoms with E-state index in [4.69, 9.17) is 16.3 Å². The van der Waals surface area contributed by atoms with E-state index in [-0.39, 0.29) is 15.0 Å². The number of alkyl halides is 3. The molecule has 0 aliphatic heterocycles. The Bertz CT molecular complexity index is 452. The molecular formula is C8H4ClF3INO3. The third kappa shape index (κ3) is 3.87. The molecule has 1 aromatic rings. The van der Waals surface area contributed by atoms with Crippen molar-refractivity contribution >= 4 is 39.4 Å². The predicted octanol–water partition coefficient (Wildman–Crippen LogP) is 2.97. The molecule has 0 N–H and O–H groups in total. The van der Waals surface area contributed by atoms with Crippen LogP contribution in [-0.2, 0) is 0 Å². The van der Waals surface area contributed by atoms with Crippen LogP contribution in [0.5, 0.6) is 11.6 Å². The third-order valence-corrected chi connectivity index (χ3v) is 2.48. The van der Waals surface area contributed by atoms with Crippen LogP contribution >= 0.6 is 34.2 Å². The van der Waals surface area contributed by atoms with E-state index in [1.807, 2.05) is 0 Å². The van der Waals surface area contributed by atoms with Crippen molar-refractivity contribution in [2.45, 2.75) is 6.36 Å². The summed E-state index contributed by atoms with van der Waals surface area (Å²) in [4.78, 5) is 14.5. The average molecular weight is 381 g/mol. The SMILES string of the molecule is COc1c(C(=O)Cl)cc(OC(F)(F)F)nc1I. The predicted molar refractivity (Wildman–Crippen MR) is 60.4 cm³/mol. The fourth-order valence-corrected chi connectivity index (χ4v) is 1.88. The summed E-state index contributed by atoms with van der Waals surface area (Å²) < 4.78 is 44.4. The highest BCUT2D eigenvalue weighted by Crippen LogP contribution is 2.31. The zero-order valence-electron chi connectivity index (χ0n) is 8.14. The number of nitrogens with zero attached hydrogens (tertiary/aromatic N) is 1. The molecule has 0 radical (unpaired) electrons. The van der Waals surface area contributed by atoms with Crippen LogP contribution in [0, 0.1) is 3.70 Å². The minimum Gasteiger partial charge on any atom is -0.493 e. The van der Waals surface area contributed by atoms with Crippen LogP contribution in [0.15, 0.2) is 6.07 Å². The summed E-state index contributed by atoms with van der Waals surface area (Å²) in [5.41, 5.74) is -0.243. The Hall–Kier alpha value is -0.770. The molecular weight excluding hydrogens is 377 g/mol. The molecule has 9 heteroatoms. The molecule has 0 atom stereocenters. The van der Waals surface area contributed by atoms with E-state index in [0.717, 1.165) is 6.07 Å². The monoisotopic (exact) mass is 381 g/mol. The number of methoxy groups -OCH3 is 1. The number of pyridine rings is 1. The second-order valence-electron chi connectivity index (χ2n) is 2.65. The van der Waals surface area contributed by atoms with Gasteiger partial charge in [0.1, 0.15) is 3.70 Å². The topological polar surface area (TPSA) is 48.4 Å². The minimum absolute atomic E-state index is 0.000115. The lowest BCUT2D eigenvalue weighted by atomic mass is 10.2. The normalized spacial score (nSPS) is 11.2. The smallest absolute Gasteiger partial charge is 0.493 e. The number of halogens is 5. The molecule has 0 fully saturated rings. The third-order valence-electron chi connectivity index (χ3n) is 1.54. The van der Waals surface area contributed by atoms with Crippen molar-refractivity contribution in [2.24, 2.45) is 0 Å². The first kappa shape index (κ1) is 14.3. The van der Waals surface area contributed by atoms with Gasteiger partial charge in [-0.05, 0) is 34.2 Å². The van der Waals surface area contributed by atoms with Gasteiger partial charge in [-0.3, -0.25) is 4.79 Å². The summed E-state index contributed by atoms with van der Waals surface area (Å²) in [5, 5.41) is -0.964. The van der Waals surface area contributed by atoms with Crippen LogP contribution in [0.3, 0.4) is 0 Å². The van der Waals surface area contributed by atoms with Gasteiger partial charge in [0.2, 0.25) is 5.88 Å². The summed E-state index contributed by atoms with van der Waals surface area (Å²) in [6.45, 7) is 0. The van der Waals surface area contributed by atoms with Crippen LogP contribution in [0.2, 0.25) is 0 Å². The van der Waals surface area contributed by atoms with Gasteiger partial charge in [-0.15, -0.1) is 13.2 Å². The van der Waals surface area contributed by atoms with Crippen molar-refractivity contribution < 1.29 is 27.4 Å². The number of hydrogen-bond donors (Lipinski definition) is 0. The first-order valence-corrected chi connectivity index (χ1v) is 5.40. The van der Waals surface area contributed by atoms with Crippen LogP contribution < -0.4 is 9.47 Å². The largest absolute Gasteiger partial charge is 0.574 e. The summed E-state index contributed by atoms with van der Waals surface area (Å²) in [6.07, 6.45) is -4.89. The van der Waals surface area contributed by atoms with E-state index in [9.17, 15) is 18.0 Å². The quantitative estimate of drug-likeness (QED) is 0.459. The molecule has 17 heavy (non-hydrogen) atoms. The first-order valence-electron chi connectivity index (χ1n) is 3.94. The fourth-order valence-electron chi connectivity index (χ4n) is 0.991.